The number of carbonyl (C=O) groups is 1. The van der Waals surface area contributed by atoms with Gasteiger partial charge in [0.25, 0.3) is 0 Å². The average molecular weight is 242 g/mol. The molecule has 0 heterocycles. The van der Waals surface area contributed by atoms with E-state index < -0.39 is 22.8 Å². The van der Waals surface area contributed by atoms with Crippen LogP contribution >= 0.6 is 0 Å². The number of benzene rings is 1. The van der Waals surface area contributed by atoms with Crippen LogP contribution in [0.1, 0.15) is 5.56 Å². The number of hydrogen-bond acceptors (Lipinski definition) is 4. The lowest BCUT2D eigenvalue weighted by Crippen LogP contribution is -2.11. The third-order valence-corrected chi connectivity index (χ3v) is 2.03. The lowest BCUT2D eigenvalue weighted by Gasteiger charge is -1.95. The van der Waals surface area contributed by atoms with E-state index in [0.29, 0.717) is 0 Å². The van der Waals surface area contributed by atoms with E-state index in [9.17, 15) is 13.2 Å². The van der Waals surface area contributed by atoms with Crippen LogP contribution in [0, 0.1) is 0 Å². The van der Waals surface area contributed by atoms with Crippen molar-refractivity contribution in [2.24, 2.45) is 0 Å². The summed E-state index contributed by atoms with van der Waals surface area (Å²) in [5, 5.41) is 0. The fourth-order valence-electron chi connectivity index (χ4n) is 0.934. The highest BCUT2D eigenvalue weighted by Gasteiger charge is 2.06. The van der Waals surface area contributed by atoms with Gasteiger partial charge in [0, 0.05) is 0 Å². The summed E-state index contributed by atoms with van der Waals surface area (Å²) in [4.78, 5) is 11.1. The van der Waals surface area contributed by atoms with E-state index >= 15 is 0 Å². The van der Waals surface area contributed by atoms with Crippen molar-refractivity contribution in [3.8, 4) is 0 Å². The highest BCUT2D eigenvalue weighted by Crippen LogP contribution is 2.01. The van der Waals surface area contributed by atoms with Crippen LogP contribution in [0.3, 0.4) is 0 Å². The molecule has 1 aromatic carbocycles. The van der Waals surface area contributed by atoms with Gasteiger partial charge in [-0.2, -0.15) is 8.42 Å². The second kappa shape index (κ2) is 5.55. The van der Waals surface area contributed by atoms with Crippen molar-refractivity contribution in [2.75, 3.05) is 6.61 Å². The molecule has 0 fully saturated rings. The summed E-state index contributed by atoms with van der Waals surface area (Å²) in [6.07, 6.45) is 2.70. The minimum Gasteiger partial charge on any atom is -0.292 e. The Balaban J connectivity index is 2.49. The Labute approximate surface area is 93.3 Å². The van der Waals surface area contributed by atoms with Crippen molar-refractivity contribution >= 4 is 22.3 Å². The Hall–Kier alpha value is -1.50. The molecule has 0 unspecified atom stereocenters. The fourth-order valence-corrected chi connectivity index (χ4v) is 1.20. The van der Waals surface area contributed by atoms with Crippen molar-refractivity contribution in [3.63, 3.8) is 0 Å². The first kappa shape index (κ1) is 12.6. The monoisotopic (exact) mass is 242 g/mol. The van der Waals surface area contributed by atoms with Crippen LogP contribution in [-0.4, -0.2) is 25.4 Å². The molecule has 0 aliphatic rings. The van der Waals surface area contributed by atoms with Gasteiger partial charge >= 0.3 is 10.4 Å². The molecular formula is C10H10O5S. The summed E-state index contributed by atoms with van der Waals surface area (Å²) in [5.74, 6) is -0.554. The molecule has 0 saturated heterocycles. The normalized spacial score (nSPS) is 11.8. The molecule has 0 aromatic heterocycles. The summed E-state index contributed by atoms with van der Waals surface area (Å²) >= 11 is 0. The van der Waals surface area contributed by atoms with E-state index in [1.54, 1.807) is 24.3 Å². The minimum atomic E-state index is -4.56. The van der Waals surface area contributed by atoms with Gasteiger partial charge in [0.2, 0.25) is 0 Å². The van der Waals surface area contributed by atoms with Crippen LogP contribution in [0.2, 0.25) is 0 Å². The molecule has 0 spiro atoms. The van der Waals surface area contributed by atoms with E-state index in [-0.39, 0.29) is 0 Å². The van der Waals surface area contributed by atoms with E-state index in [1.807, 2.05) is 6.07 Å². The molecular weight excluding hydrogens is 232 g/mol. The average Bonchev–Trinajstić information content (AvgIpc) is 2.24. The van der Waals surface area contributed by atoms with Gasteiger partial charge in [0.1, 0.15) is 6.61 Å². The molecule has 16 heavy (non-hydrogen) atoms. The van der Waals surface area contributed by atoms with Gasteiger partial charge in [0.15, 0.2) is 5.78 Å². The Morgan fingerprint density at radius 2 is 1.94 bits per heavy atom. The Morgan fingerprint density at radius 1 is 1.31 bits per heavy atom. The number of carbonyl (C=O) groups excluding carboxylic acids is 1. The molecule has 0 saturated carbocycles. The maximum Gasteiger partial charge on any atom is 0.397 e. The summed E-state index contributed by atoms with van der Waals surface area (Å²) < 4.78 is 32.5. The molecule has 5 nitrogen and oxygen atoms in total. The molecule has 1 aromatic rings. The van der Waals surface area contributed by atoms with Crippen molar-refractivity contribution in [3.05, 3.63) is 42.0 Å². The van der Waals surface area contributed by atoms with Crippen LogP contribution in [0.4, 0.5) is 0 Å². The predicted octanol–water partition coefficient (Wildman–Crippen LogP) is 1.09. The van der Waals surface area contributed by atoms with Crippen LogP contribution in [0.5, 0.6) is 0 Å². The Kier molecular flexibility index (Phi) is 4.36. The molecule has 0 atom stereocenters. The largest absolute Gasteiger partial charge is 0.397 e. The second-order valence-corrected chi connectivity index (χ2v) is 3.99. The van der Waals surface area contributed by atoms with Crippen LogP contribution < -0.4 is 0 Å². The molecule has 1 rings (SSSR count). The van der Waals surface area contributed by atoms with Gasteiger partial charge in [0.05, 0.1) is 0 Å². The van der Waals surface area contributed by atoms with Crippen molar-refractivity contribution in [1.29, 1.82) is 0 Å². The fraction of sp³-hybridized carbons (Fsp3) is 0.100. The zero-order valence-electron chi connectivity index (χ0n) is 8.24. The molecule has 6 heteroatoms. The minimum absolute atomic E-state index is 0.554. The van der Waals surface area contributed by atoms with Gasteiger partial charge in [-0.1, -0.05) is 36.4 Å². The highest BCUT2D eigenvalue weighted by molar-refractivity contribution is 7.80. The van der Waals surface area contributed by atoms with Crippen molar-refractivity contribution in [2.45, 2.75) is 0 Å². The van der Waals surface area contributed by atoms with E-state index in [4.69, 9.17) is 4.55 Å². The first-order valence-corrected chi connectivity index (χ1v) is 5.72. The summed E-state index contributed by atoms with van der Waals surface area (Å²) in [5.41, 5.74) is 0.808. The quantitative estimate of drug-likeness (QED) is 0.617. The van der Waals surface area contributed by atoms with E-state index in [2.05, 4.69) is 4.18 Å². The summed E-state index contributed by atoms with van der Waals surface area (Å²) in [6.45, 7) is -0.706. The molecule has 0 bridgehead atoms. The topological polar surface area (TPSA) is 80.7 Å². The first-order chi connectivity index (χ1) is 7.47. The van der Waals surface area contributed by atoms with Gasteiger partial charge in [-0.25, -0.2) is 4.18 Å². The predicted molar refractivity (Wildman–Crippen MR) is 58.0 cm³/mol. The molecule has 0 amide bonds. The lowest BCUT2D eigenvalue weighted by molar-refractivity contribution is -0.116. The van der Waals surface area contributed by atoms with E-state index in [0.717, 1.165) is 5.56 Å². The molecule has 1 N–H and O–H groups in total. The number of rotatable bonds is 5. The Morgan fingerprint density at radius 3 is 2.50 bits per heavy atom. The maximum atomic E-state index is 11.1. The molecule has 86 valence electrons. The zero-order valence-corrected chi connectivity index (χ0v) is 9.05. The third kappa shape index (κ3) is 5.40. The standard InChI is InChI=1S/C10H10O5S/c11-10(8-15-16(12,13)14)7-6-9-4-2-1-3-5-9/h1-7H,8H2,(H,12,13,14)/b7-6+. The highest BCUT2D eigenvalue weighted by atomic mass is 32.3. The lowest BCUT2D eigenvalue weighted by atomic mass is 10.2. The first-order valence-electron chi connectivity index (χ1n) is 4.35. The van der Waals surface area contributed by atoms with Gasteiger partial charge in [-0.15, -0.1) is 0 Å². The summed E-state index contributed by atoms with van der Waals surface area (Å²) in [7, 11) is -4.56. The SMILES string of the molecule is O=C(/C=C/c1ccccc1)COS(=O)(=O)O. The van der Waals surface area contributed by atoms with Gasteiger partial charge < -0.3 is 0 Å². The van der Waals surface area contributed by atoms with Crippen LogP contribution in [0.15, 0.2) is 36.4 Å². The Bertz CT molecular complexity index is 475. The number of ketones is 1. The number of hydrogen-bond donors (Lipinski definition) is 1. The van der Waals surface area contributed by atoms with Crippen LogP contribution in [0.25, 0.3) is 6.08 Å². The van der Waals surface area contributed by atoms with Crippen molar-refractivity contribution < 1.29 is 21.9 Å². The van der Waals surface area contributed by atoms with Crippen LogP contribution in [-0.2, 0) is 19.4 Å². The second-order valence-electron chi connectivity index (χ2n) is 2.90. The summed E-state index contributed by atoms with van der Waals surface area (Å²) in [6, 6.07) is 9.01. The van der Waals surface area contributed by atoms with Gasteiger partial charge in [-0.3, -0.25) is 9.35 Å². The molecule has 0 aliphatic heterocycles. The third-order valence-electron chi connectivity index (χ3n) is 1.61. The van der Waals surface area contributed by atoms with Crippen molar-refractivity contribution in [1.82, 2.24) is 0 Å². The molecule has 0 radical (unpaired) electrons. The molecule has 0 aliphatic carbocycles. The smallest absolute Gasteiger partial charge is 0.292 e. The van der Waals surface area contributed by atoms with Gasteiger partial charge in [-0.05, 0) is 11.6 Å². The van der Waals surface area contributed by atoms with E-state index in [1.165, 1.54) is 12.2 Å². The zero-order chi connectivity index (χ0) is 12.0. The maximum absolute atomic E-state index is 11.1.